The average Bonchev–Trinajstić information content (AvgIpc) is 1.88. The molecule has 0 aliphatic heterocycles. The minimum absolute atomic E-state index is 0.245. The summed E-state index contributed by atoms with van der Waals surface area (Å²) in [5.74, 6) is -0.407. The van der Waals surface area contributed by atoms with Crippen LogP contribution in [-0.4, -0.2) is 6.29 Å². The van der Waals surface area contributed by atoms with Crippen molar-refractivity contribution < 1.29 is 9.18 Å². The molecule has 1 aromatic carbocycles. The fourth-order valence-electron chi connectivity index (χ4n) is 0.552. The molecule has 0 unspecified atom stereocenters. The Hall–Kier alpha value is -1.18. The maximum absolute atomic E-state index is 12.2. The fourth-order valence-corrected chi connectivity index (χ4v) is 0.552. The summed E-state index contributed by atoms with van der Waals surface area (Å²) in [5, 5.41) is 0. The predicted octanol–water partition coefficient (Wildman–Crippen LogP) is 1.28. The van der Waals surface area contributed by atoms with Crippen molar-refractivity contribution in [2.75, 3.05) is 0 Å². The lowest BCUT2D eigenvalue weighted by Gasteiger charge is -1.85. The summed E-state index contributed by atoms with van der Waals surface area (Å²) in [6.45, 7) is 0. The summed E-state index contributed by atoms with van der Waals surface area (Å²) < 4.78 is 12.2. The van der Waals surface area contributed by atoms with Gasteiger partial charge in [0.05, 0.1) is 0 Å². The quantitative estimate of drug-likeness (QED) is 0.549. The smallest absolute Gasteiger partial charge is 0.233 e. The summed E-state index contributed by atoms with van der Waals surface area (Å²) in [7, 11) is 0. The molecule has 9 heavy (non-hydrogen) atoms. The lowest BCUT2D eigenvalue weighted by atomic mass is 10.2. The largest absolute Gasteiger partial charge is 0.285 e. The fraction of sp³-hybridized carbons (Fsp3) is 0. The first-order chi connectivity index (χ1) is 4.33. The van der Waals surface area contributed by atoms with Crippen LogP contribution in [0, 0.1) is 5.82 Å². The van der Waals surface area contributed by atoms with E-state index in [2.05, 4.69) is 0 Å². The Balaban J connectivity index is 3.07. The van der Waals surface area contributed by atoms with Crippen LogP contribution in [0.25, 0.3) is 0 Å². The van der Waals surface area contributed by atoms with Gasteiger partial charge >= 0.3 is 0 Å². The standard InChI is InChI=1S/C7H4FO/c8-7-3-1-2-6(4-7)5-9/h1-4H. The average molecular weight is 123 g/mol. The normalized spacial score (nSPS) is 9.00. The van der Waals surface area contributed by atoms with Crippen LogP contribution in [0.15, 0.2) is 24.3 Å². The van der Waals surface area contributed by atoms with Gasteiger partial charge in [-0.3, -0.25) is 4.79 Å². The zero-order chi connectivity index (χ0) is 6.69. The van der Waals surface area contributed by atoms with Crippen molar-refractivity contribution in [2.24, 2.45) is 0 Å². The van der Waals surface area contributed by atoms with E-state index < -0.39 is 5.82 Å². The zero-order valence-corrected chi connectivity index (χ0v) is 4.60. The van der Waals surface area contributed by atoms with Crippen LogP contribution in [0.4, 0.5) is 4.39 Å². The molecule has 0 amide bonds. The Bertz CT molecular complexity index is 220. The van der Waals surface area contributed by atoms with Crippen LogP contribution in [-0.2, 0) is 4.79 Å². The van der Waals surface area contributed by atoms with Crippen LogP contribution < -0.4 is 0 Å². The van der Waals surface area contributed by atoms with Crippen molar-refractivity contribution in [3.8, 4) is 0 Å². The highest BCUT2D eigenvalue weighted by atomic mass is 19.1. The van der Waals surface area contributed by atoms with E-state index >= 15 is 0 Å². The molecule has 1 nitrogen and oxygen atoms in total. The Kier molecular flexibility index (Phi) is 1.58. The lowest BCUT2D eigenvalue weighted by molar-refractivity contribution is 0.562. The highest BCUT2D eigenvalue weighted by Gasteiger charge is 1.90. The van der Waals surface area contributed by atoms with Crippen molar-refractivity contribution >= 4 is 6.29 Å². The van der Waals surface area contributed by atoms with Gasteiger partial charge < -0.3 is 0 Å². The molecule has 0 saturated carbocycles. The van der Waals surface area contributed by atoms with Crippen molar-refractivity contribution in [1.29, 1.82) is 0 Å². The third kappa shape index (κ3) is 1.35. The molecular weight excluding hydrogens is 119 g/mol. The van der Waals surface area contributed by atoms with Crippen LogP contribution in [0.5, 0.6) is 0 Å². The van der Waals surface area contributed by atoms with Crippen molar-refractivity contribution in [3.63, 3.8) is 0 Å². The molecule has 0 atom stereocenters. The minimum atomic E-state index is -0.407. The van der Waals surface area contributed by atoms with E-state index in [9.17, 15) is 9.18 Å². The first kappa shape index (κ1) is 5.95. The van der Waals surface area contributed by atoms with Gasteiger partial charge in [0, 0.05) is 5.56 Å². The van der Waals surface area contributed by atoms with Gasteiger partial charge in [-0.1, -0.05) is 12.1 Å². The molecule has 0 saturated heterocycles. The monoisotopic (exact) mass is 123 g/mol. The van der Waals surface area contributed by atoms with Crippen LogP contribution in [0.3, 0.4) is 0 Å². The predicted molar refractivity (Wildman–Crippen MR) is 31.2 cm³/mol. The van der Waals surface area contributed by atoms with Gasteiger partial charge in [0.2, 0.25) is 6.29 Å². The maximum Gasteiger partial charge on any atom is 0.233 e. The summed E-state index contributed by atoms with van der Waals surface area (Å²) in [5.41, 5.74) is 0.245. The van der Waals surface area contributed by atoms with E-state index in [4.69, 9.17) is 0 Å². The number of rotatable bonds is 1. The third-order valence-corrected chi connectivity index (χ3v) is 0.942. The lowest BCUT2D eigenvalue weighted by Crippen LogP contribution is -1.79. The van der Waals surface area contributed by atoms with Gasteiger partial charge in [0.15, 0.2) is 0 Å². The molecule has 0 fully saturated rings. The van der Waals surface area contributed by atoms with Crippen LogP contribution in [0.2, 0.25) is 0 Å². The third-order valence-electron chi connectivity index (χ3n) is 0.942. The zero-order valence-electron chi connectivity index (χ0n) is 4.60. The SMILES string of the molecule is O=[C]c1cccc(F)c1. The topological polar surface area (TPSA) is 17.1 Å². The molecule has 0 aliphatic carbocycles. The molecule has 0 spiro atoms. The van der Waals surface area contributed by atoms with Crippen LogP contribution >= 0.6 is 0 Å². The van der Waals surface area contributed by atoms with Gasteiger partial charge in [-0.2, -0.15) is 0 Å². The van der Waals surface area contributed by atoms with Gasteiger partial charge in [0.25, 0.3) is 0 Å². The molecule has 0 heterocycles. The molecule has 0 bridgehead atoms. The van der Waals surface area contributed by atoms with Gasteiger partial charge in [-0.25, -0.2) is 4.39 Å². The van der Waals surface area contributed by atoms with E-state index in [1.54, 1.807) is 6.29 Å². The number of hydrogen-bond donors (Lipinski definition) is 0. The minimum Gasteiger partial charge on any atom is -0.285 e. The molecule has 2 heteroatoms. The number of hydrogen-bond acceptors (Lipinski definition) is 1. The Labute approximate surface area is 52.1 Å². The number of carbonyl (C=O) groups excluding carboxylic acids is 1. The Morgan fingerprint density at radius 1 is 1.44 bits per heavy atom. The summed E-state index contributed by atoms with van der Waals surface area (Å²) in [6.07, 6.45) is 1.58. The first-order valence-corrected chi connectivity index (χ1v) is 2.46. The van der Waals surface area contributed by atoms with E-state index in [1.807, 2.05) is 0 Å². The maximum atomic E-state index is 12.2. The highest BCUT2D eigenvalue weighted by Crippen LogP contribution is 1.98. The van der Waals surface area contributed by atoms with Crippen molar-refractivity contribution in [2.45, 2.75) is 0 Å². The van der Waals surface area contributed by atoms with Crippen molar-refractivity contribution in [3.05, 3.63) is 35.6 Å². The van der Waals surface area contributed by atoms with Crippen molar-refractivity contribution in [1.82, 2.24) is 0 Å². The first-order valence-electron chi connectivity index (χ1n) is 2.46. The van der Waals surface area contributed by atoms with E-state index in [0.29, 0.717) is 0 Å². The van der Waals surface area contributed by atoms with Gasteiger partial charge in [-0.15, -0.1) is 0 Å². The molecule has 1 radical (unpaired) electrons. The van der Waals surface area contributed by atoms with E-state index in [0.717, 1.165) is 6.07 Å². The second-order valence-corrected chi connectivity index (χ2v) is 1.61. The Morgan fingerprint density at radius 2 is 2.22 bits per heavy atom. The van der Waals surface area contributed by atoms with E-state index in [-0.39, 0.29) is 5.56 Å². The van der Waals surface area contributed by atoms with Gasteiger partial charge in [0.1, 0.15) is 5.82 Å². The molecule has 1 rings (SSSR count). The van der Waals surface area contributed by atoms with E-state index in [1.165, 1.54) is 18.2 Å². The Morgan fingerprint density at radius 3 is 2.67 bits per heavy atom. The number of halogens is 1. The summed E-state index contributed by atoms with van der Waals surface area (Å²) in [4.78, 5) is 9.87. The second-order valence-electron chi connectivity index (χ2n) is 1.61. The molecular formula is C7H4FO. The molecule has 45 valence electrons. The molecule has 0 aromatic heterocycles. The summed E-state index contributed by atoms with van der Waals surface area (Å²) in [6, 6.07) is 5.37. The second kappa shape index (κ2) is 2.40. The molecule has 0 N–H and O–H groups in total. The molecule has 0 aliphatic rings. The molecule has 1 aromatic rings. The summed E-state index contributed by atoms with van der Waals surface area (Å²) >= 11 is 0. The number of benzene rings is 1. The van der Waals surface area contributed by atoms with Crippen LogP contribution in [0.1, 0.15) is 5.56 Å². The highest BCUT2D eigenvalue weighted by molar-refractivity contribution is 5.74. The van der Waals surface area contributed by atoms with Gasteiger partial charge in [-0.05, 0) is 12.1 Å².